The van der Waals surface area contributed by atoms with Gasteiger partial charge in [-0.2, -0.15) is 10.5 Å². The van der Waals surface area contributed by atoms with Gasteiger partial charge in [0.2, 0.25) is 0 Å². The number of hydrogen-bond acceptors (Lipinski definition) is 5. The topological polar surface area (TPSA) is 89.1 Å². The number of nitriles is 2. The molecule has 0 unspecified atom stereocenters. The van der Waals surface area contributed by atoms with Crippen LogP contribution < -0.4 is 10.1 Å². The lowest BCUT2D eigenvalue weighted by molar-refractivity contribution is 0.373. The summed E-state index contributed by atoms with van der Waals surface area (Å²) in [7, 11) is 1.37. The summed E-state index contributed by atoms with van der Waals surface area (Å²) in [5, 5.41) is 31.5. The SMILES string of the molecule is COc1cc(C#N)c(NCc2ccccc2)c(C#N)c1O. The van der Waals surface area contributed by atoms with Gasteiger partial charge in [0.15, 0.2) is 11.5 Å². The van der Waals surface area contributed by atoms with Crippen molar-refractivity contribution in [2.24, 2.45) is 0 Å². The number of hydrogen-bond donors (Lipinski definition) is 2. The van der Waals surface area contributed by atoms with E-state index in [4.69, 9.17) is 4.74 Å². The number of phenolic OH excluding ortho intramolecular Hbond substituents is 1. The molecule has 2 aromatic carbocycles. The summed E-state index contributed by atoms with van der Waals surface area (Å²) in [6, 6.07) is 14.9. The Bertz CT molecular complexity index is 728. The van der Waals surface area contributed by atoms with Crippen molar-refractivity contribution in [3.05, 3.63) is 53.1 Å². The van der Waals surface area contributed by atoms with Crippen LogP contribution in [0, 0.1) is 22.7 Å². The zero-order valence-electron chi connectivity index (χ0n) is 11.4. The molecule has 2 N–H and O–H groups in total. The molecule has 0 fully saturated rings. The highest BCUT2D eigenvalue weighted by Crippen LogP contribution is 2.37. The highest BCUT2D eigenvalue weighted by Gasteiger charge is 2.18. The Labute approximate surface area is 122 Å². The average molecular weight is 279 g/mol. The number of aromatic hydroxyl groups is 1. The summed E-state index contributed by atoms with van der Waals surface area (Å²) in [6.07, 6.45) is 0. The van der Waals surface area contributed by atoms with Gasteiger partial charge in [0.05, 0.1) is 18.4 Å². The predicted molar refractivity (Wildman–Crippen MR) is 77.9 cm³/mol. The number of phenols is 1. The molecule has 104 valence electrons. The van der Waals surface area contributed by atoms with E-state index < -0.39 is 0 Å². The number of nitrogens with one attached hydrogen (secondary N) is 1. The van der Waals surface area contributed by atoms with Crippen LogP contribution in [0.1, 0.15) is 16.7 Å². The first-order valence-electron chi connectivity index (χ1n) is 6.23. The van der Waals surface area contributed by atoms with E-state index in [0.29, 0.717) is 12.2 Å². The summed E-state index contributed by atoms with van der Waals surface area (Å²) in [5.41, 5.74) is 1.56. The lowest BCUT2D eigenvalue weighted by Crippen LogP contribution is -2.04. The average Bonchev–Trinajstić information content (AvgIpc) is 2.53. The second kappa shape index (κ2) is 6.31. The molecule has 2 aromatic rings. The van der Waals surface area contributed by atoms with E-state index in [9.17, 15) is 15.6 Å². The van der Waals surface area contributed by atoms with E-state index in [0.717, 1.165) is 5.56 Å². The molecule has 5 nitrogen and oxygen atoms in total. The van der Waals surface area contributed by atoms with Crippen molar-refractivity contribution in [1.82, 2.24) is 0 Å². The maximum atomic E-state index is 9.99. The van der Waals surface area contributed by atoms with Crippen LogP contribution in [0.5, 0.6) is 11.5 Å². The summed E-state index contributed by atoms with van der Waals surface area (Å²) in [5.74, 6) is -0.164. The van der Waals surface area contributed by atoms with Crippen LogP contribution >= 0.6 is 0 Å². The van der Waals surface area contributed by atoms with Crippen LogP contribution in [0.15, 0.2) is 36.4 Å². The Balaban J connectivity index is 2.41. The largest absolute Gasteiger partial charge is 0.503 e. The highest BCUT2D eigenvalue weighted by molar-refractivity contribution is 5.74. The molecule has 0 bridgehead atoms. The van der Waals surface area contributed by atoms with Crippen molar-refractivity contribution in [3.63, 3.8) is 0 Å². The molecular weight excluding hydrogens is 266 g/mol. The van der Waals surface area contributed by atoms with E-state index in [1.165, 1.54) is 13.2 Å². The number of rotatable bonds is 4. The second-order valence-corrected chi connectivity index (χ2v) is 4.29. The molecule has 0 aliphatic rings. The van der Waals surface area contributed by atoms with Crippen LogP contribution in [-0.2, 0) is 6.54 Å². The molecule has 2 rings (SSSR count). The molecule has 0 heterocycles. The standard InChI is InChI=1S/C16H13N3O2/c1-21-14-7-12(8-17)15(13(9-18)16(14)20)19-10-11-5-3-2-4-6-11/h2-7,19-20H,10H2,1H3. The van der Waals surface area contributed by atoms with Crippen LogP contribution in [-0.4, -0.2) is 12.2 Å². The van der Waals surface area contributed by atoms with Crippen molar-refractivity contribution in [2.75, 3.05) is 12.4 Å². The number of ether oxygens (including phenoxy) is 1. The Hall–Kier alpha value is -3.18. The first-order valence-corrected chi connectivity index (χ1v) is 6.23. The van der Waals surface area contributed by atoms with Gasteiger partial charge in [-0.15, -0.1) is 0 Å². The van der Waals surface area contributed by atoms with Crippen molar-refractivity contribution in [3.8, 4) is 23.6 Å². The molecule has 0 amide bonds. The van der Waals surface area contributed by atoms with Crippen LogP contribution in [0.4, 0.5) is 5.69 Å². The molecule has 0 atom stereocenters. The minimum absolute atomic E-state index is 0.00170. The molecular formula is C16H13N3O2. The van der Waals surface area contributed by atoms with E-state index in [2.05, 4.69) is 5.32 Å². The molecule has 0 saturated heterocycles. The van der Waals surface area contributed by atoms with Gasteiger partial charge in [-0.05, 0) is 5.56 Å². The van der Waals surface area contributed by atoms with Crippen LogP contribution in [0.2, 0.25) is 0 Å². The van der Waals surface area contributed by atoms with Crippen molar-refractivity contribution in [1.29, 1.82) is 10.5 Å². The van der Waals surface area contributed by atoms with Gasteiger partial charge in [-0.25, -0.2) is 0 Å². The highest BCUT2D eigenvalue weighted by atomic mass is 16.5. The van der Waals surface area contributed by atoms with Gasteiger partial charge in [0, 0.05) is 12.6 Å². The maximum Gasteiger partial charge on any atom is 0.178 e. The molecule has 0 spiro atoms. The van der Waals surface area contributed by atoms with Gasteiger partial charge in [0.25, 0.3) is 0 Å². The number of anilines is 1. The predicted octanol–water partition coefficient (Wildman–Crippen LogP) is 2.76. The normalized spacial score (nSPS) is 9.48. The number of nitrogens with zero attached hydrogens (tertiary/aromatic N) is 2. The van der Waals surface area contributed by atoms with E-state index in [1.54, 1.807) is 0 Å². The Morgan fingerprint density at radius 3 is 2.48 bits per heavy atom. The van der Waals surface area contributed by atoms with Crippen LogP contribution in [0.25, 0.3) is 0 Å². The van der Waals surface area contributed by atoms with Gasteiger partial charge in [-0.1, -0.05) is 30.3 Å². The summed E-state index contributed by atoms with van der Waals surface area (Å²) >= 11 is 0. The fourth-order valence-electron chi connectivity index (χ4n) is 1.97. The van der Waals surface area contributed by atoms with E-state index >= 15 is 0 Å². The van der Waals surface area contributed by atoms with Crippen molar-refractivity contribution >= 4 is 5.69 Å². The minimum Gasteiger partial charge on any atom is -0.503 e. The molecule has 0 aliphatic carbocycles. The van der Waals surface area contributed by atoms with Crippen molar-refractivity contribution in [2.45, 2.75) is 6.54 Å². The Morgan fingerprint density at radius 2 is 1.90 bits per heavy atom. The number of benzene rings is 2. The smallest absolute Gasteiger partial charge is 0.178 e. The third-order valence-corrected chi connectivity index (χ3v) is 3.03. The summed E-state index contributed by atoms with van der Waals surface area (Å²) < 4.78 is 4.97. The zero-order valence-corrected chi connectivity index (χ0v) is 11.4. The fourth-order valence-corrected chi connectivity index (χ4v) is 1.97. The molecule has 21 heavy (non-hydrogen) atoms. The first-order chi connectivity index (χ1) is 10.2. The van der Waals surface area contributed by atoms with Gasteiger partial charge in [-0.3, -0.25) is 0 Å². The molecule has 5 heteroatoms. The lowest BCUT2D eigenvalue weighted by Gasteiger charge is -2.13. The van der Waals surface area contributed by atoms with E-state index in [-0.39, 0.29) is 22.6 Å². The summed E-state index contributed by atoms with van der Waals surface area (Å²) in [4.78, 5) is 0. The van der Waals surface area contributed by atoms with Gasteiger partial charge >= 0.3 is 0 Å². The number of methoxy groups -OCH3 is 1. The van der Waals surface area contributed by atoms with Crippen LogP contribution in [0.3, 0.4) is 0 Å². The molecule has 0 radical (unpaired) electrons. The third kappa shape index (κ3) is 2.88. The van der Waals surface area contributed by atoms with Gasteiger partial charge in [0.1, 0.15) is 17.7 Å². The quantitative estimate of drug-likeness (QED) is 0.898. The first kappa shape index (κ1) is 14.2. The minimum atomic E-state index is -0.269. The lowest BCUT2D eigenvalue weighted by atomic mass is 10.1. The monoisotopic (exact) mass is 279 g/mol. The van der Waals surface area contributed by atoms with Gasteiger partial charge < -0.3 is 15.2 Å². The molecule has 0 saturated carbocycles. The zero-order chi connectivity index (χ0) is 15.2. The third-order valence-electron chi connectivity index (χ3n) is 3.03. The summed E-state index contributed by atoms with van der Waals surface area (Å²) in [6.45, 7) is 0.440. The van der Waals surface area contributed by atoms with Crippen molar-refractivity contribution < 1.29 is 9.84 Å². The van der Waals surface area contributed by atoms with E-state index in [1.807, 2.05) is 42.5 Å². The molecule has 0 aliphatic heterocycles. The molecule has 0 aromatic heterocycles. The Kier molecular flexibility index (Phi) is 4.28. The maximum absolute atomic E-state index is 9.99. The fraction of sp³-hybridized carbons (Fsp3) is 0.125. The Morgan fingerprint density at radius 1 is 1.19 bits per heavy atom. The second-order valence-electron chi connectivity index (χ2n) is 4.29.